The standard InChI is InChI=1S/C31H30O9/c1-14-8-17(18-9-16(12-32)6-7-21(18)40-5)19-10-29(3)13-30(4)11-20(34)22(15(2)33)27(37)31(30,39)28(38)24(29)26(36)23(19)25(14)35/h6-9,12,34-35,38-39H,10-11,13H2,1-5H3/t29-,30+,31+/m0/s1. The van der Waals surface area contributed by atoms with Gasteiger partial charge >= 0.3 is 0 Å². The van der Waals surface area contributed by atoms with E-state index in [1.807, 2.05) is 0 Å². The Hall–Kier alpha value is -4.24. The Morgan fingerprint density at radius 1 is 1.05 bits per heavy atom. The Balaban J connectivity index is 1.81. The number of phenolic OH excluding ortho intramolecular Hbond substituents is 1. The molecule has 0 spiro atoms. The van der Waals surface area contributed by atoms with Gasteiger partial charge in [0.25, 0.3) is 0 Å². The number of fused-ring (bicyclic) bond motifs is 3. The summed E-state index contributed by atoms with van der Waals surface area (Å²) in [4.78, 5) is 51.5. The third-order valence-corrected chi connectivity index (χ3v) is 8.86. The van der Waals surface area contributed by atoms with Gasteiger partial charge in [0.1, 0.15) is 34.9 Å². The van der Waals surface area contributed by atoms with Crippen molar-refractivity contribution >= 4 is 23.6 Å². The highest BCUT2D eigenvalue weighted by Crippen LogP contribution is 2.63. The predicted molar refractivity (Wildman–Crippen MR) is 144 cm³/mol. The average molecular weight is 547 g/mol. The lowest BCUT2D eigenvalue weighted by molar-refractivity contribution is -0.158. The molecular formula is C31H30O9. The topological polar surface area (TPSA) is 158 Å². The maximum Gasteiger partial charge on any atom is 0.209 e. The van der Waals surface area contributed by atoms with Gasteiger partial charge in [-0.3, -0.25) is 19.2 Å². The minimum Gasteiger partial charge on any atom is -0.511 e. The molecule has 0 amide bonds. The number of carbonyl (C=O) groups is 4. The van der Waals surface area contributed by atoms with Gasteiger partial charge in [0, 0.05) is 34.0 Å². The first-order valence-electron chi connectivity index (χ1n) is 12.8. The van der Waals surface area contributed by atoms with Crippen LogP contribution >= 0.6 is 0 Å². The molecule has 0 saturated heterocycles. The molecule has 0 bridgehead atoms. The number of aromatic hydroxyl groups is 1. The number of benzene rings is 2. The molecule has 4 N–H and O–H groups in total. The molecule has 3 aliphatic rings. The number of ether oxygens (including phenoxy) is 1. The van der Waals surface area contributed by atoms with Crippen LogP contribution in [0.2, 0.25) is 0 Å². The Kier molecular flexibility index (Phi) is 5.90. The fraction of sp³-hybridized carbons (Fsp3) is 0.355. The van der Waals surface area contributed by atoms with Gasteiger partial charge in [-0.2, -0.15) is 0 Å². The Morgan fingerprint density at radius 3 is 2.33 bits per heavy atom. The molecule has 0 heterocycles. The summed E-state index contributed by atoms with van der Waals surface area (Å²) in [6.45, 7) is 5.92. The molecule has 40 heavy (non-hydrogen) atoms. The molecule has 0 fully saturated rings. The lowest BCUT2D eigenvalue weighted by atomic mass is 9.48. The SMILES string of the molecule is COc1ccc(C=O)cc1-c1cc(C)c(O)c2c1C[C@@]1(C)C[C@@]3(C)CC(O)=C(C(C)=O)C(=O)[C@@]3(O)C(O)=C1C2=O. The second-order valence-electron chi connectivity index (χ2n) is 11.6. The number of ketones is 3. The van der Waals surface area contributed by atoms with E-state index in [9.17, 15) is 39.6 Å². The first-order chi connectivity index (χ1) is 18.6. The number of carbonyl (C=O) groups excluding carboxylic acids is 4. The molecule has 0 saturated carbocycles. The van der Waals surface area contributed by atoms with Crippen molar-refractivity contribution in [3.05, 3.63) is 69.2 Å². The van der Waals surface area contributed by atoms with Gasteiger partial charge in [-0.15, -0.1) is 0 Å². The first-order valence-corrected chi connectivity index (χ1v) is 12.8. The summed E-state index contributed by atoms with van der Waals surface area (Å²) in [5, 5.41) is 45.1. The van der Waals surface area contributed by atoms with E-state index < -0.39 is 50.9 Å². The van der Waals surface area contributed by atoms with Gasteiger partial charge < -0.3 is 25.2 Å². The monoisotopic (exact) mass is 546 g/mol. The van der Waals surface area contributed by atoms with Crippen molar-refractivity contribution in [2.45, 2.75) is 52.6 Å². The van der Waals surface area contributed by atoms with Gasteiger partial charge in [-0.05, 0) is 67.6 Å². The summed E-state index contributed by atoms with van der Waals surface area (Å²) in [7, 11) is 1.47. The zero-order chi connectivity index (χ0) is 29.5. The van der Waals surface area contributed by atoms with Crippen molar-refractivity contribution in [2.75, 3.05) is 7.11 Å². The first kappa shape index (κ1) is 27.3. The van der Waals surface area contributed by atoms with Crippen LogP contribution in [0, 0.1) is 17.8 Å². The number of aliphatic hydroxyl groups is 3. The van der Waals surface area contributed by atoms with Crippen molar-refractivity contribution in [3.63, 3.8) is 0 Å². The number of aliphatic hydroxyl groups excluding tert-OH is 2. The minimum atomic E-state index is -2.63. The summed E-state index contributed by atoms with van der Waals surface area (Å²) >= 11 is 0. The number of aldehydes is 1. The van der Waals surface area contributed by atoms with Crippen molar-refractivity contribution in [3.8, 4) is 22.6 Å². The normalized spacial score (nSPS) is 27.6. The molecule has 2 aromatic carbocycles. The quantitative estimate of drug-likeness (QED) is 0.325. The second-order valence-corrected chi connectivity index (χ2v) is 11.6. The molecule has 0 aliphatic heterocycles. The Bertz CT molecular complexity index is 1630. The number of methoxy groups -OCH3 is 1. The van der Waals surface area contributed by atoms with Crippen LogP contribution in [0.4, 0.5) is 0 Å². The fourth-order valence-corrected chi connectivity index (χ4v) is 7.11. The molecule has 9 heteroatoms. The van der Waals surface area contributed by atoms with Gasteiger partial charge in [0.2, 0.25) is 5.78 Å². The van der Waals surface area contributed by atoms with Crippen molar-refractivity contribution < 1.29 is 44.3 Å². The summed E-state index contributed by atoms with van der Waals surface area (Å²) in [6.07, 6.45) is 0.502. The molecule has 208 valence electrons. The number of Topliss-reactive ketones (excluding diaryl/α,β-unsaturated/α-hetero) is 3. The lowest BCUT2D eigenvalue weighted by Crippen LogP contribution is -2.63. The van der Waals surface area contributed by atoms with E-state index >= 15 is 0 Å². The zero-order valence-corrected chi connectivity index (χ0v) is 22.8. The van der Waals surface area contributed by atoms with Gasteiger partial charge in [0.05, 0.1) is 12.7 Å². The number of phenols is 1. The van der Waals surface area contributed by atoms with Crippen molar-refractivity contribution in [1.29, 1.82) is 0 Å². The molecular weight excluding hydrogens is 516 g/mol. The largest absolute Gasteiger partial charge is 0.511 e. The van der Waals surface area contributed by atoms with Gasteiger partial charge in [-0.1, -0.05) is 13.8 Å². The van der Waals surface area contributed by atoms with E-state index in [4.69, 9.17) is 4.74 Å². The summed E-state index contributed by atoms with van der Waals surface area (Å²) < 4.78 is 5.55. The molecule has 0 radical (unpaired) electrons. The average Bonchev–Trinajstić information content (AvgIpc) is 2.87. The maximum absolute atomic E-state index is 14.2. The smallest absolute Gasteiger partial charge is 0.209 e. The predicted octanol–water partition coefficient (Wildman–Crippen LogP) is 4.26. The highest BCUT2D eigenvalue weighted by molar-refractivity contribution is 6.25. The lowest BCUT2D eigenvalue weighted by Gasteiger charge is -2.56. The van der Waals surface area contributed by atoms with E-state index in [0.717, 1.165) is 6.92 Å². The maximum atomic E-state index is 14.2. The third kappa shape index (κ3) is 3.37. The number of rotatable bonds is 4. The van der Waals surface area contributed by atoms with E-state index in [-0.39, 0.29) is 36.1 Å². The molecule has 9 nitrogen and oxygen atoms in total. The molecule has 0 unspecified atom stereocenters. The minimum absolute atomic E-state index is 0.0123. The van der Waals surface area contributed by atoms with Crippen LogP contribution in [0.3, 0.4) is 0 Å². The Labute approximate surface area is 230 Å². The van der Waals surface area contributed by atoms with Crippen LogP contribution in [0.15, 0.2) is 46.9 Å². The van der Waals surface area contributed by atoms with E-state index in [1.165, 1.54) is 14.0 Å². The second kappa shape index (κ2) is 8.63. The molecule has 0 aromatic heterocycles. The zero-order valence-electron chi connectivity index (χ0n) is 22.8. The van der Waals surface area contributed by atoms with Crippen LogP contribution in [-0.4, -0.2) is 56.8 Å². The molecule has 5 rings (SSSR count). The van der Waals surface area contributed by atoms with Crippen LogP contribution in [0.1, 0.15) is 65.5 Å². The highest BCUT2D eigenvalue weighted by atomic mass is 16.5. The van der Waals surface area contributed by atoms with Crippen LogP contribution in [-0.2, 0) is 16.0 Å². The van der Waals surface area contributed by atoms with Crippen LogP contribution in [0.25, 0.3) is 11.1 Å². The van der Waals surface area contributed by atoms with E-state index in [1.54, 1.807) is 38.1 Å². The molecule has 2 aromatic rings. The fourth-order valence-electron chi connectivity index (χ4n) is 7.11. The number of hydrogen-bond donors (Lipinski definition) is 4. The molecule has 3 atom stereocenters. The van der Waals surface area contributed by atoms with Crippen molar-refractivity contribution in [1.82, 2.24) is 0 Å². The third-order valence-electron chi connectivity index (χ3n) is 8.86. The summed E-state index contributed by atoms with van der Waals surface area (Å²) in [5.74, 6) is -3.92. The number of hydrogen-bond acceptors (Lipinski definition) is 9. The van der Waals surface area contributed by atoms with Crippen LogP contribution in [0.5, 0.6) is 11.5 Å². The summed E-state index contributed by atoms with van der Waals surface area (Å²) in [6, 6.07) is 6.55. The summed E-state index contributed by atoms with van der Waals surface area (Å²) in [5.41, 5.74) is -3.91. The van der Waals surface area contributed by atoms with Gasteiger partial charge in [-0.25, -0.2) is 0 Å². The van der Waals surface area contributed by atoms with E-state index in [2.05, 4.69) is 0 Å². The van der Waals surface area contributed by atoms with E-state index in [0.29, 0.717) is 39.9 Å². The Morgan fingerprint density at radius 2 is 1.73 bits per heavy atom. The van der Waals surface area contributed by atoms with Gasteiger partial charge in [0.15, 0.2) is 17.2 Å². The number of aryl methyl sites for hydroxylation is 1. The highest BCUT2D eigenvalue weighted by Gasteiger charge is 2.67. The van der Waals surface area contributed by atoms with Crippen LogP contribution < -0.4 is 4.74 Å². The molecule has 3 aliphatic carbocycles. The number of allylic oxidation sites excluding steroid dienone is 2. The van der Waals surface area contributed by atoms with Crippen molar-refractivity contribution in [2.24, 2.45) is 10.8 Å².